The highest BCUT2D eigenvalue weighted by atomic mass is 32.2. The zero-order valence-corrected chi connectivity index (χ0v) is 18.3. The lowest BCUT2D eigenvalue weighted by Crippen LogP contribution is -2.46. The molecule has 6 nitrogen and oxygen atoms in total. The third-order valence-corrected chi connectivity index (χ3v) is 7.82. The summed E-state index contributed by atoms with van der Waals surface area (Å²) in [6, 6.07) is 6.97. The molecule has 3 N–H and O–H groups in total. The van der Waals surface area contributed by atoms with Crippen LogP contribution in [0, 0.1) is 5.82 Å². The van der Waals surface area contributed by atoms with Crippen LogP contribution in [0.5, 0.6) is 0 Å². The number of aromatic amines is 1. The van der Waals surface area contributed by atoms with Gasteiger partial charge in [0.05, 0.1) is 18.2 Å². The molecule has 164 valence electrons. The lowest BCUT2D eigenvalue weighted by molar-refractivity contribution is -0.120. The fourth-order valence-electron chi connectivity index (χ4n) is 4.88. The van der Waals surface area contributed by atoms with Crippen LogP contribution < -0.4 is 10.6 Å². The maximum absolute atomic E-state index is 13.7. The number of nitrogens with one attached hydrogen (secondary N) is 3. The SMILES string of the molecule is O=C(NC1CCCC1)C1=C(c2ccc(F)cc2)SC(c2cnc[nH]2)N1C1CCNCC1. The summed E-state index contributed by atoms with van der Waals surface area (Å²) in [5.41, 5.74) is 2.57. The second-order valence-electron chi connectivity index (χ2n) is 8.51. The van der Waals surface area contributed by atoms with E-state index in [0.29, 0.717) is 0 Å². The number of carbonyl (C=O) groups is 1. The Hall–Kier alpha value is -2.32. The Morgan fingerprint density at radius 3 is 2.55 bits per heavy atom. The molecule has 3 heterocycles. The van der Waals surface area contributed by atoms with E-state index < -0.39 is 0 Å². The number of rotatable bonds is 5. The van der Waals surface area contributed by atoms with E-state index in [9.17, 15) is 9.18 Å². The normalized spacial score (nSPS) is 23.0. The number of thioether (sulfide) groups is 1. The summed E-state index contributed by atoms with van der Waals surface area (Å²) in [6.45, 7) is 1.87. The van der Waals surface area contributed by atoms with Crippen LogP contribution in [0.3, 0.4) is 0 Å². The van der Waals surface area contributed by atoms with E-state index in [1.54, 1.807) is 30.2 Å². The molecule has 3 aliphatic rings. The highest BCUT2D eigenvalue weighted by molar-refractivity contribution is 8.08. The van der Waals surface area contributed by atoms with Crippen LogP contribution in [0.25, 0.3) is 4.91 Å². The summed E-state index contributed by atoms with van der Waals surface area (Å²) in [7, 11) is 0. The largest absolute Gasteiger partial charge is 0.348 e. The molecule has 0 spiro atoms. The Labute approximate surface area is 186 Å². The van der Waals surface area contributed by atoms with E-state index in [4.69, 9.17) is 0 Å². The number of hydrogen-bond donors (Lipinski definition) is 3. The lowest BCUT2D eigenvalue weighted by Gasteiger charge is -2.38. The van der Waals surface area contributed by atoms with Crippen LogP contribution in [0.15, 0.2) is 42.5 Å². The molecule has 2 aromatic rings. The summed E-state index contributed by atoms with van der Waals surface area (Å²) in [5.74, 6) is -0.288. The number of aromatic nitrogens is 2. The van der Waals surface area contributed by atoms with Crippen molar-refractivity contribution in [3.8, 4) is 0 Å². The van der Waals surface area contributed by atoms with E-state index in [0.717, 1.165) is 60.6 Å². The quantitative estimate of drug-likeness (QED) is 0.659. The van der Waals surface area contributed by atoms with Crippen molar-refractivity contribution in [1.29, 1.82) is 0 Å². The van der Waals surface area contributed by atoms with Crippen LogP contribution in [0.4, 0.5) is 4.39 Å². The van der Waals surface area contributed by atoms with Gasteiger partial charge in [0.25, 0.3) is 5.91 Å². The van der Waals surface area contributed by atoms with Crippen molar-refractivity contribution in [2.75, 3.05) is 13.1 Å². The smallest absolute Gasteiger partial charge is 0.269 e. The molecule has 1 saturated carbocycles. The maximum atomic E-state index is 13.7. The van der Waals surface area contributed by atoms with Crippen molar-refractivity contribution < 1.29 is 9.18 Å². The van der Waals surface area contributed by atoms with Crippen molar-refractivity contribution in [3.05, 3.63) is 59.6 Å². The van der Waals surface area contributed by atoms with Crippen LogP contribution in [-0.2, 0) is 4.79 Å². The van der Waals surface area contributed by atoms with E-state index >= 15 is 0 Å². The topological polar surface area (TPSA) is 73.0 Å². The standard InChI is InChI=1S/C23H28FN5OS/c24-16-7-5-15(6-8-16)21-20(22(30)28-17-3-1-2-4-17)29(18-9-11-25-12-10-18)23(31-21)19-13-26-14-27-19/h5-8,13-14,17-18,23,25H,1-4,9-12H2,(H,26,27)(H,28,30). The Morgan fingerprint density at radius 2 is 1.87 bits per heavy atom. The molecule has 1 aromatic carbocycles. The molecule has 1 aromatic heterocycles. The number of carbonyl (C=O) groups excluding carboxylic acids is 1. The molecule has 2 fully saturated rings. The third kappa shape index (κ3) is 4.23. The second-order valence-corrected chi connectivity index (χ2v) is 9.60. The molecule has 0 radical (unpaired) electrons. The molecule has 1 atom stereocenters. The number of hydrogen-bond acceptors (Lipinski definition) is 5. The van der Waals surface area contributed by atoms with Gasteiger partial charge in [-0.1, -0.05) is 36.7 Å². The van der Waals surface area contributed by atoms with Crippen LogP contribution in [0.2, 0.25) is 0 Å². The predicted octanol–water partition coefficient (Wildman–Crippen LogP) is 3.78. The Morgan fingerprint density at radius 1 is 1.13 bits per heavy atom. The minimum Gasteiger partial charge on any atom is -0.348 e. The van der Waals surface area contributed by atoms with Crippen molar-refractivity contribution in [1.82, 2.24) is 25.5 Å². The van der Waals surface area contributed by atoms with Crippen LogP contribution in [-0.4, -0.2) is 45.9 Å². The van der Waals surface area contributed by atoms with Gasteiger partial charge in [-0.15, -0.1) is 0 Å². The van der Waals surface area contributed by atoms with Gasteiger partial charge in [0, 0.05) is 17.0 Å². The van der Waals surface area contributed by atoms with Gasteiger partial charge in [0.1, 0.15) is 16.9 Å². The Bertz CT molecular complexity index is 933. The fraction of sp³-hybridized carbons (Fsp3) is 0.478. The van der Waals surface area contributed by atoms with Crippen molar-refractivity contribution >= 4 is 22.6 Å². The molecule has 1 saturated heterocycles. The second kappa shape index (κ2) is 9.04. The first-order valence-corrected chi connectivity index (χ1v) is 12.0. The summed E-state index contributed by atoms with van der Waals surface area (Å²) < 4.78 is 13.6. The molecule has 1 amide bonds. The van der Waals surface area contributed by atoms with E-state index in [1.165, 1.54) is 25.0 Å². The summed E-state index contributed by atoms with van der Waals surface area (Å²) in [5, 5.41) is 6.67. The van der Waals surface area contributed by atoms with E-state index in [1.807, 2.05) is 6.20 Å². The molecule has 1 unspecified atom stereocenters. The first-order valence-electron chi connectivity index (χ1n) is 11.2. The van der Waals surface area contributed by atoms with Gasteiger partial charge >= 0.3 is 0 Å². The van der Waals surface area contributed by atoms with Gasteiger partial charge in [-0.3, -0.25) is 4.79 Å². The number of amides is 1. The average molecular weight is 442 g/mol. The predicted molar refractivity (Wildman–Crippen MR) is 120 cm³/mol. The van der Waals surface area contributed by atoms with Gasteiger partial charge in [-0.2, -0.15) is 0 Å². The Kier molecular flexibility index (Phi) is 6.00. The van der Waals surface area contributed by atoms with Gasteiger partial charge in [0.15, 0.2) is 0 Å². The maximum Gasteiger partial charge on any atom is 0.269 e. The molecule has 5 rings (SSSR count). The molecular formula is C23H28FN5OS. The number of benzene rings is 1. The number of halogens is 1. The Balaban J connectivity index is 1.57. The van der Waals surface area contributed by atoms with Gasteiger partial charge in [0.2, 0.25) is 0 Å². The van der Waals surface area contributed by atoms with Crippen LogP contribution >= 0.6 is 11.8 Å². The minimum atomic E-state index is -0.273. The lowest BCUT2D eigenvalue weighted by atomic mass is 10.0. The van der Waals surface area contributed by atoms with Crippen molar-refractivity contribution in [2.45, 2.75) is 56.0 Å². The van der Waals surface area contributed by atoms with Gasteiger partial charge in [-0.05, 0) is 56.5 Å². The van der Waals surface area contributed by atoms with E-state index in [2.05, 4.69) is 25.5 Å². The summed E-state index contributed by atoms with van der Waals surface area (Å²) in [6.07, 6.45) is 9.88. The highest BCUT2D eigenvalue weighted by Gasteiger charge is 2.42. The van der Waals surface area contributed by atoms with Crippen molar-refractivity contribution in [3.63, 3.8) is 0 Å². The average Bonchev–Trinajstić information content (AvgIpc) is 3.55. The molecular weight excluding hydrogens is 413 g/mol. The number of piperidine rings is 1. The summed E-state index contributed by atoms with van der Waals surface area (Å²) in [4.78, 5) is 24.4. The van der Waals surface area contributed by atoms with E-state index in [-0.39, 0.29) is 29.2 Å². The monoisotopic (exact) mass is 441 g/mol. The molecule has 1 aliphatic carbocycles. The van der Waals surface area contributed by atoms with Gasteiger partial charge < -0.3 is 20.5 Å². The minimum absolute atomic E-state index is 0.0146. The molecule has 31 heavy (non-hydrogen) atoms. The number of nitrogens with zero attached hydrogens (tertiary/aromatic N) is 2. The zero-order valence-electron chi connectivity index (χ0n) is 17.4. The van der Waals surface area contributed by atoms with Crippen molar-refractivity contribution in [2.24, 2.45) is 0 Å². The highest BCUT2D eigenvalue weighted by Crippen LogP contribution is 2.53. The molecule has 0 bridgehead atoms. The van der Waals surface area contributed by atoms with Gasteiger partial charge in [-0.25, -0.2) is 9.37 Å². The number of imidazole rings is 1. The summed E-state index contributed by atoms with van der Waals surface area (Å²) >= 11 is 1.65. The fourth-order valence-corrected chi connectivity index (χ4v) is 6.34. The number of H-pyrrole nitrogens is 1. The van der Waals surface area contributed by atoms with Crippen LogP contribution in [0.1, 0.15) is 55.2 Å². The third-order valence-electron chi connectivity index (χ3n) is 6.45. The zero-order chi connectivity index (χ0) is 21.2. The molecule has 2 aliphatic heterocycles. The first kappa shape index (κ1) is 20.6. The molecule has 8 heteroatoms. The first-order chi connectivity index (χ1) is 15.2.